The molecule has 1 saturated carbocycles. The molecule has 2 aliphatic rings. The van der Waals surface area contributed by atoms with Gasteiger partial charge >= 0.3 is 0 Å². The van der Waals surface area contributed by atoms with E-state index in [0.717, 1.165) is 59.4 Å². The largest absolute Gasteiger partial charge is 0.474 e. The Morgan fingerprint density at radius 2 is 1.69 bits per heavy atom. The number of aromatic amines is 1. The smallest absolute Gasteiger partial charge is 0.225 e. The number of imidazole rings is 1. The number of para-hydroxylation sites is 2. The Bertz CT molecular complexity index is 1290. The van der Waals surface area contributed by atoms with Crippen LogP contribution < -0.4 is 4.74 Å². The fourth-order valence-electron chi connectivity index (χ4n) is 5.04. The summed E-state index contributed by atoms with van der Waals surface area (Å²) in [6.45, 7) is 2.71. The number of nitrogens with one attached hydrogen (secondary N) is 1. The molecule has 0 atom stereocenters. The highest BCUT2D eigenvalue weighted by atomic mass is 16.5. The topological polar surface area (TPSA) is 93.2 Å². The van der Waals surface area contributed by atoms with Crippen molar-refractivity contribution in [1.29, 1.82) is 0 Å². The minimum atomic E-state index is 0.0957. The zero-order valence-corrected chi connectivity index (χ0v) is 20.1. The van der Waals surface area contributed by atoms with E-state index in [0.29, 0.717) is 32.2 Å². The van der Waals surface area contributed by atoms with Crippen molar-refractivity contribution in [3.8, 4) is 28.5 Å². The fraction of sp³-hybridized carbons (Fsp3) is 0.357. The highest BCUT2D eigenvalue weighted by molar-refractivity contribution is 5.79. The van der Waals surface area contributed by atoms with Gasteiger partial charge in [-0.2, -0.15) is 0 Å². The normalized spacial score (nSPS) is 20.4. The molecule has 4 heterocycles. The summed E-state index contributed by atoms with van der Waals surface area (Å²) in [5.74, 6) is 1.80. The molecule has 0 spiro atoms. The SMILES string of the molecule is O=C([C@H]1CC[C@H](Oc2ccc(-c3ccc(-c4nc5ccccc5[nH]4)cn3)cn2)CC1)N1CCOCC1. The van der Waals surface area contributed by atoms with Crippen LogP contribution in [0.5, 0.6) is 5.88 Å². The van der Waals surface area contributed by atoms with Gasteiger partial charge in [0.1, 0.15) is 11.9 Å². The maximum absolute atomic E-state index is 12.7. The Labute approximate surface area is 209 Å². The van der Waals surface area contributed by atoms with Crippen molar-refractivity contribution in [2.24, 2.45) is 5.92 Å². The van der Waals surface area contributed by atoms with Gasteiger partial charge < -0.3 is 19.4 Å². The molecule has 2 fully saturated rings. The molecule has 3 aromatic heterocycles. The second-order valence-corrected chi connectivity index (χ2v) is 9.45. The minimum absolute atomic E-state index is 0.0957. The summed E-state index contributed by atoms with van der Waals surface area (Å²) < 4.78 is 11.5. The number of benzene rings is 1. The zero-order chi connectivity index (χ0) is 24.3. The van der Waals surface area contributed by atoms with Gasteiger partial charge in [0.15, 0.2) is 0 Å². The molecule has 1 amide bonds. The Kier molecular flexibility index (Phi) is 6.34. The molecule has 1 aliphatic carbocycles. The molecule has 1 saturated heterocycles. The summed E-state index contributed by atoms with van der Waals surface area (Å²) in [6, 6.07) is 15.9. The monoisotopic (exact) mass is 483 g/mol. The number of hydrogen-bond donors (Lipinski definition) is 1. The van der Waals surface area contributed by atoms with Crippen LogP contribution in [0, 0.1) is 5.92 Å². The second-order valence-electron chi connectivity index (χ2n) is 9.45. The van der Waals surface area contributed by atoms with Crippen LogP contribution in [0.25, 0.3) is 33.7 Å². The van der Waals surface area contributed by atoms with Gasteiger partial charge in [0.25, 0.3) is 0 Å². The highest BCUT2D eigenvalue weighted by Crippen LogP contribution is 2.29. The first-order valence-corrected chi connectivity index (χ1v) is 12.6. The molecule has 1 aromatic carbocycles. The standard InChI is InChI=1S/C28H29N5O3/c34-28(33-13-15-35-16-14-33)19-5-9-22(10-6-19)36-26-12-8-20(17-30-26)23-11-7-21(18-29-23)27-31-24-3-1-2-4-25(24)32-27/h1-4,7-8,11-12,17-19,22H,5-6,9-10,13-16H2,(H,31,32)/t19-,22-. The molecule has 0 radical (unpaired) electrons. The van der Waals surface area contributed by atoms with E-state index in [9.17, 15) is 4.79 Å². The summed E-state index contributed by atoms with van der Waals surface area (Å²) in [5, 5.41) is 0. The Morgan fingerprint density at radius 1 is 0.917 bits per heavy atom. The molecule has 1 N–H and O–H groups in total. The average molecular weight is 484 g/mol. The summed E-state index contributed by atoms with van der Waals surface area (Å²) in [4.78, 5) is 31.8. The summed E-state index contributed by atoms with van der Waals surface area (Å²) in [7, 11) is 0. The molecule has 184 valence electrons. The lowest BCUT2D eigenvalue weighted by Gasteiger charge is -2.33. The van der Waals surface area contributed by atoms with Crippen LogP contribution in [0.4, 0.5) is 0 Å². The number of hydrogen-bond acceptors (Lipinski definition) is 6. The molecule has 0 bridgehead atoms. The number of rotatable bonds is 5. The molecule has 0 unspecified atom stereocenters. The lowest BCUT2D eigenvalue weighted by Crippen LogP contribution is -2.45. The minimum Gasteiger partial charge on any atom is -0.474 e. The van der Waals surface area contributed by atoms with Gasteiger partial charge in [-0.1, -0.05) is 12.1 Å². The van der Waals surface area contributed by atoms with E-state index in [2.05, 4.69) is 19.9 Å². The van der Waals surface area contributed by atoms with E-state index in [1.807, 2.05) is 59.6 Å². The van der Waals surface area contributed by atoms with Crippen molar-refractivity contribution in [2.45, 2.75) is 31.8 Å². The molecule has 1 aliphatic heterocycles. The zero-order valence-electron chi connectivity index (χ0n) is 20.1. The third-order valence-electron chi connectivity index (χ3n) is 7.09. The van der Waals surface area contributed by atoms with Crippen LogP contribution in [0.3, 0.4) is 0 Å². The number of nitrogens with zero attached hydrogens (tertiary/aromatic N) is 4. The number of amides is 1. The van der Waals surface area contributed by atoms with E-state index in [4.69, 9.17) is 9.47 Å². The van der Waals surface area contributed by atoms with Crippen LogP contribution >= 0.6 is 0 Å². The van der Waals surface area contributed by atoms with Crippen molar-refractivity contribution in [1.82, 2.24) is 24.8 Å². The quantitative estimate of drug-likeness (QED) is 0.450. The van der Waals surface area contributed by atoms with E-state index < -0.39 is 0 Å². The lowest BCUT2D eigenvalue weighted by molar-refractivity contribution is -0.141. The molecule has 8 heteroatoms. The van der Waals surface area contributed by atoms with Crippen LogP contribution in [-0.2, 0) is 9.53 Å². The van der Waals surface area contributed by atoms with Crippen molar-refractivity contribution >= 4 is 16.9 Å². The van der Waals surface area contributed by atoms with Crippen molar-refractivity contribution in [2.75, 3.05) is 26.3 Å². The number of morpholine rings is 1. The first-order valence-electron chi connectivity index (χ1n) is 12.6. The maximum atomic E-state index is 12.7. The maximum Gasteiger partial charge on any atom is 0.225 e. The van der Waals surface area contributed by atoms with Gasteiger partial charge in [0.2, 0.25) is 11.8 Å². The molecular weight excluding hydrogens is 454 g/mol. The summed E-state index contributed by atoms with van der Waals surface area (Å²) in [5.41, 5.74) is 4.65. The van der Waals surface area contributed by atoms with Crippen molar-refractivity contribution in [3.05, 3.63) is 60.9 Å². The Hall–Kier alpha value is -3.78. The molecular formula is C28H29N5O3. The van der Waals surface area contributed by atoms with Crippen molar-refractivity contribution < 1.29 is 14.3 Å². The number of H-pyrrole nitrogens is 1. The Morgan fingerprint density at radius 3 is 2.42 bits per heavy atom. The number of ether oxygens (including phenoxy) is 2. The molecule has 8 nitrogen and oxygen atoms in total. The van der Waals surface area contributed by atoms with Crippen molar-refractivity contribution in [3.63, 3.8) is 0 Å². The first kappa shape index (κ1) is 22.7. The number of carbonyl (C=O) groups excluding carboxylic acids is 1. The predicted octanol–water partition coefficient (Wildman–Crippen LogP) is 4.48. The third-order valence-corrected chi connectivity index (χ3v) is 7.09. The van der Waals surface area contributed by atoms with E-state index in [1.54, 1.807) is 6.20 Å². The van der Waals surface area contributed by atoms with Gasteiger partial charge in [-0.3, -0.25) is 9.78 Å². The summed E-state index contributed by atoms with van der Waals surface area (Å²) in [6.07, 6.45) is 7.18. The second kappa shape index (κ2) is 10.1. The van der Waals surface area contributed by atoms with E-state index in [-0.39, 0.29) is 17.9 Å². The summed E-state index contributed by atoms with van der Waals surface area (Å²) >= 11 is 0. The van der Waals surface area contributed by atoms with Crippen LogP contribution in [0.2, 0.25) is 0 Å². The number of aromatic nitrogens is 4. The van der Waals surface area contributed by atoms with E-state index >= 15 is 0 Å². The first-order chi connectivity index (χ1) is 17.7. The van der Waals surface area contributed by atoms with Crippen LogP contribution in [0.15, 0.2) is 60.9 Å². The third kappa shape index (κ3) is 4.81. The van der Waals surface area contributed by atoms with Crippen LogP contribution in [0.1, 0.15) is 25.7 Å². The molecule has 4 aromatic rings. The number of fused-ring (bicyclic) bond motifs is 1. The number of carbonyl (C=O) groups is 1. The lowest BCUT2D eigenvalue weighted by atomic mass is 9.86. The average Bonchev–Trinajstić information content (AvgIpc) is 3.39. The van der Waals surface area contributed by atoms with Crippen LogP contribution in [-0.4, -0.2) is 63.2 Å². The molecule has 36 heavy (non-hydrogen) atoms. The van der Waals surface area contributed by atoms with Gasteiger partial charge in [-0.15, -0.1) is 0 Å². The Balaban J connectivity index is 1.04. The van der Waals surface area contributed by atoms with Gasteiger partial charge in [0.05, 0.1) is 29.9 Å². The van der Waals surface area contributed by atoms with Gasteiger partial charge in [-0.05, 0) is 56.0 Å². The number of pyridine rings is 2. The fourth-order valence-corrected chi connectivity index (χ4v) is 5.04. The molecule has 6 rings (SSSR count). The van der Waals surface area contributed by atoms with E-state index in [1.165, 1.54) is 0 Å². The highest BCUT2D eigenvalue weighted by Gasteiger charge is 2.31. The van der Waals surface area contributed by atoms with Gasteiger partial charge in [0, 0.05) is 48.6 Å². The van der Waals surface area contributed by atoms with Gasteiger partial charge in [-0.25, -0.2) is 9.97 Å². The predicted molar refractivity (Wildman–Crippen MR) is 136 cm³/mol.